The number of nitrogen functional groups attached to an aromatic ring is 1. The highest BCUT2D eigenvalue weighted by molar-refractivity contribution is 5.79. The first-order valence-corrected chi connectivity index (χ1v) is 6.41. The quantitative estimate of drug-likeness (QED) is 0.903. The molecule has 0 saturated heterocycles. The molecule has 0 spiro atoms. The Morgan fingerprint density at radius 2 is 1.85 bits per heavy atom. The van der Waals surface area contributed by atoms with Gasteiger partial charge in [-0.3, -0.25) is 0 Å². The van der Waals surface area contributed by atoms with Crippen LogP contribution in [0.25, 0.3) is 11.0 Å². The highest BCUT2D eigenvalue weighted by Crippen LogP contribution is 2.32. The van der Waals surface area contributed by atoms with E-state index in [-0.39, 0.29) is 16.9 Å². The largest absolute Gasteiger partial charge is 0.416 e. The molecule has 0 atom stereocenters. The minimum Gasteiger partial charge on any atom is -0.369 e. The number of hydrogen-bond donors (Lipinski definition) is 1. The summed E-state index contributed by atoms with van der Waals surface area (Å²) in [5, 5.41) is 0. The Hall–Kier alpha value is -1.72. The highest BCUT2D eigenvalue weighted by Gasteiger charge is 2.31. The van der Waals surface area contributed by atoms with Gasteiger partial charge in [0.1, 0.15) is 0 Å². The second kappa shape index (κ2) is 4.68. The molecule has 2 aromatic rings. The molecule has 20 heavy (non-hydrogen) atoms. The molecule has 3 nitrogen and oxygen atoms in total. The van der Waals surface area contributed by atoms with E-state index in [1.165, 1.54) is 6.07 Å². The number of hydrogen-bond acceptors (Lipinski definition) is 2. The smallest absolute Gasteiger partial charge is 0.369 e. The third kappa shape index (κ3) is 3.05. The lowest BCUT2D eigenvalue weighted by atomic mass is 9.92. The number of aromatic nitrogens is 2. The maximum absolute atomic E-state index is 12.7. The van der Waals surface area contributed by atoms with Crippen LogP contribution >= 0.6 is 0 Å². The number of imidazole rings is 1. The van der Waals surface area contributed by atoms with Crippen molar-refractivity contribution in [2.24, 2.45) is 5.41 Å². The Labute approximate surface area is 115 Å². The molecular weight excluding hydrogens is 267 g/mol. The van der Waals surface area contributed by atoms with Crippen LogP contribution in [-0.2, 0) is 12.7 Å². The van der Waals surface area contributed by atoms with E-state index in [4.69, 9.17) is 5.73 Å². The van der Waals surface area contributed by atoms with E-state index >= 15 is 0 Å². The van der Waals surface area contributed by atoms with Gasteiger partial charge in [0.05, 0.1) is 16.6 Å². The summed E-state index contributed by atoms with van der Waals surface area (Å²) in [6.45, 7) is 6.94. The molecule has 110 valence electrons. The third-order valence-corrected chi connectivity index (χ3v) is 3.19. The van der Waals surface area contributed by atoms with Gasteiger partial charge in [0, 0.05) is 6.54 Å². The SMILES string of the molecule is CC(C)(C)CCn1c(N)nc2cc(C(F)(F)F)ccc21. The molecule has 0 radical (unpaired) electrons. The van der Waals surface area contributed by atoms with Crippen molar-refractivity contribution in [1.82, 2.24) is 9.55 Å². The van der Waals surface area contributed by atoms with E-state index in [9.17, 15) is 13.2 Å². The number of nitrogens with two attached hydrogens (primary N) is 1. The average molecular weight is 285 g/mol. The number of alkyl halides is 3. The van der Waals surface area contributed by atoms with Crippen LogP contribution in [0.15, 0.2) is 18.2 Å². The summed E-state index contributed by atoms with van der Waals surface area (Å²) in [6, 6.07) is 3.54. The van der Waals surface area contributed by atoms with E-state index in [1.54, 1.807) is 4.57 Å². The molecule has 0 aliphatic rings. The summed E-state index contributed by atoms with van der Waals surface area (Å²) in [7, 11) is 0. The van der Waals surface area contributed by atoms with Gasteiger partial charge in [-0.15, -0.1) is 0 Å². The molecule has 1 aromatic heterocycles. The summed E-state index contributed by atoms with van der Waals surface area (Å²) < 4.78 is 39.7. The van der Waals surface area contributed by atoms with E-state index in [1.807, 2.05) is 0 Å². The summed E-state index contributed by atoms with van der Waals surface area (Å²) >= 11 is 0. The maximum Gasteiger partial charge on any atom is 0.416 e. The van der Waals surface area contributed by atoms with Gasteiger partial charge in [0.25, 0.3) is 0 Å². The molecule has 2 rings (SSSR count). The third-order valence-electron chi connectivity index (χ3n) is 3.19. The number of nitrogens with zero attached hydrogens (tertiary/aromatic N) is 2. The average Bonchev–Trinajstić information content (AvgIpc) is 2.58. The van der Waals surface area contributed by atoms with E-state index in [0.717, 1.165) is 18.6 Å². The Bertz CT molecular complexity index is 621. The molecule has 2 N–H and O–H groups in total. The predicted octanol–water partition coefficient (Wildman–Crippen LogP) is 4.07. The second-order valence-corrected chi connectivity index (χ2v) is 6.13. The highest BCUT2D eigenvalue weighted by atomic mass is 19.4. The minimum absolute atomic E-state index is 0.120. The van der Waals surface area contributed by atoms with Crippen LogP contribution in [0.2, 0.25) is 0 Å². The molecule has 0 saturated carbocycles. The van der Waals surface area contributed by atoms with E-state index in [2.05, 4.69) is 25.8 Å². The first-order chi connectivity index (χ1) is 9.08. The zero-order chi connectivity index (χ0) is 15.1. The molecule has 6 heteroatoms. The van der Waals surface area contributed by atoms with Crippen molar-refractivity contribution in [2.45, 2.75) is 39.9 Å². The van der Waals surface area contributed by atoms with Crippen LogP contribution in [0, 0.1) is 5.41 Å². The van der Waals surface area contributed by atoms with Crippen molar-refractivity contribution in [1.29, 1.82) is 0 Å². The number of anilines is 1. The van der Waals surface area contributed by atoms with Gasteiger partial charge in [0.2, 0.25) is 5.95 Å². The standard InChI is InChI=1S/C14H18F3N3/c1-13(2,3)6-7-20-11-5-4-9(14(15,16)17)8-10(11)19-12(20)18/h4-5,8H,6-7H2,1-3H3,(H2,18,19). The maximum atomic E-state index is 12.7. The van der Waals surface area contributed by atoms with Crippen molar-refractivity contribution < 1.29 is 13.2 Å². The fourth-order valence-electron chi connectivity index (χ4n) is 2.01. The lowest BCUT2D eigenvalue weighted by Gasteiger charge is -2.18. The zero-order valence-electron chi connectivity index (χ0n) is 11.8. The van der Waals surface area contributed by atoms with Gasteiger partial charge < -0.3 is 10.3 Å². The van der Waals surface area contributed by atoms with Crippen molar-refractivity contribution in [3.63, 3.8) is 0 Å². The van der Waals surface area contributed by atoms with Crippen LogP contribution in [0.4, 0.5) is 19.1 Å². The number of halogens is 3. The molecule has 0 amide bonds. The Morgan fingerprint density at radius 3 is 2.40 bits per heavy atom. The molecule has 0 aliphatic heterocycles. The molecule has 0 fully saturated rings. The molecule has 0 aliphatic carbocycles. The molecule has 0 bridgehead atoms. The first-order valence-electron chi connectivity index (χ1n) is 6.41. The summed E-state index contributed by atoms with van der Waals surface area (Å²) in [4.78, 5) is 4.03. The topological polar surface area (TPSA) is 43.8 Å². The number of benzene rings is 1. The zero-order valence-corrected chi connectivity index (χ0v) is 11.8. The van der Waals surface area contributed by atoms with Gasteiger partial charge in [-0.05, 0) is 30.0 Å². The molecular formula is C14H18F3N3. The summed E-state index contributed by atoms with van der Waals surface area (Å²) in [6.07, 6.45) is -3.50. The van der Waals surface area contributed by atoms with Gasteiger partial charge in [-0.25, -0.2) is 4.98 Å². The van der Waals surface area contributed by atoms with Crippen molar-refractivity contribution in [2.75, 3.05) is 5.73 Å². The lowest BCUT2D eigenvalue weighted by Crippen LogP contribution is -2.12. The van der Waals surface area contributed by atoms with Gasteiger partial charge >= 0.3 is 6.18 Å². The fraction of sp³-hybridized carbons (Fsp3) is 0.500. The van der Waals surface area contributed by atoms with Gasteiger partial charge in [-0.2, -0.15) is 13.2 Å². The normalized spacial score (nSPS) is 13.1. The number of fused-ring (bicyclic) bond motifs is 1. The Kier molecular flexibility index (Phi) is 3.44. The summed E-state index contributed by atoms with van der Waals surface area (Å²) in [5.41, 5.74) is 6.15. The van der Waals surface area contributed by atoms with Crippen LogP contribution < -0.4 is 5.73 Å². The molecule has 0 unspecified atom stereocenters. The monoisotopic (exact) mass is 285 g/mol. The van der Waals surface area contributed by atoms with Gasteiger partial charge in [-0.1, -0.05) is 20.8 Å². The van der Waals surface area contributed by atoms with E-state index in [0.29, 0.717) is 12.1 Å². The van der Waals surface area contributed by atoms with Crippen LogP contribution in [0.3, 0.4) is 0 Å². The number of rotatable bonds is 2. The molecule has 1 aromatic carbocycles. The van der Waals surface area contributed by atoms with Crippen LogP contribution in [-0.4, -0.2) is 9.55 Å². The lowest BCUT2D eigenvalue weighted by molar-refractivity contribution is -0.137. The Morgan fingerprint density at radius 1 is 1.20 bits per heavy atom. The Balaban J connectivity index is 2.40. The van der Waals surface area contributed by atoms with Crippen molar-refractivity contribution in [3.8, 4) is 0 Å². The van der Waals surface area contributed by atoms with Crippen molar-refractivity contribution in [3.05, 3.63) is 23.8 Å². The van der Waals surface area contributed by atoms with Gasteiger partial charge in [0.15, 0.2) is 0 Å². The summed E-state index contributed by atoms with van der Waals surface area (Å²) in [5.74, 6) is 0.253. The number of aryl methyl sites for hydroxylation is 1. The van der Waals surface area contributed by atoms with Crippen molar-refractivity contribution >= 4 is 17.0 Å². The first kappa shape index (κ1) is 14.7. The second-order valence-electron chi connectivity index (χ2n) is 6.13. The molecule has 1 heterocycles. The fourth-order valence-corrected chi connectivity index (χ4v) is 2.01. The minimum atomic E-state index is -4.36. The van der Waals surface area contributed by atoms with Crippen LogP contribution in [0.1, 0.15) is 32.8 Å². The predicted molar refractivity (Wildman–Crippen MR) is 73.2 cm³/mol. The van der Waals surface area contributed by atoms with E-state index < -0.39 is 11.7 Å². The van der Waals surface area contributed by atoms with Crippen LogP contribution in [0.5, 0.6) is 0 Å².